The number of piperazine rings is 1. The molecule has 2 aliphatic heterocycles. The molecule has 1 atom stereocenters. The van der Waals surface area contributed by atoms with Crippen LogP contribution in [0.25, 0.3) is 0 Å². The number of hydrogen-bond donors (Lipinski definition) is 1. The van der Waals surface area contributed by atoms with Crippen LogP contribution in [0, 0.1) is 0 Å². The number of amides is 2. The van der Waals surface area contributed by atoms with Gasteiger partial charge >= 0.3 is 0 Å². The van der Waals surface area contributed by atoms with Crippen molar-refractivity contribution in [2.75, 3.05) is 61.0 Å². The molecule has 3 aromatic carbocycles. The Hall–Kier alpha value is -3.66. The molecule has 2 heterocycles. The molecule has 2 fully saturated rings. The third kappa shape index (κ3) is 7.21. The Morgan fingerprint density at radius 3 is 2.29 bits per heavy atom. The van der Waals surface area contributed by atoms with Gasteiger partial charge in [0.05, 0.1) is 18.7 Å². The van der Waals surface area contributed by atoms with Crippen LogP contribution in [-0.4, -0.2) is 78.6 Å². The molecule has 220 valence electrons. The second kappa shape index (κ2) is 14.0. The Morgan fingerprint density at radius 2 is 1.62 bits per heavy atom. The highest BCUT2D eigenvalue weighted by atomic mass is 35.5. The molecule has 0 aliphatic carbocycles. The Balaban J connectivity index is 1.22. The summed E-state index contributed by atoms with van der Waals surface area (Å²) < 4.78 is 5.48. The molecule has 1 unspecified atom stereocenters. The van der Waals surface area contributed by atoms with Gasteiger partial charge in [-0.3, -0.25) is 19.4 Å². The molecule has 8 nitrogen and oxygen atoms in total. The zero-order chi connectivity index (χ0) is 29.5. The largest absolute Gasteiger partial charge is 0.494 e. The first-order chi connectivity index (χ1) is 20.4. The molecular weight excluding hydrogens is 570 g/mol. The maximum Gasteiger partial charge on any atom is 0.256 e. The average Bonchev–Trinajstić information content (AvgIpc) is 3.23. The second-order valence-corrected chi connectivity index (χ2v) is 11.2. The smallest absolute Gasteiger partial charge is 0.256 e. The van der Waals surface area contributed by atoms with E-state index < -0.39 is 6.04 Å². The van der Waals surface area contributed by atoms with E-state index in [4.69, 9.17) is 28.6 Å². The van der Waals surface area contributed by atoms with Gasteiger partial charge in [-0.2, -0.15) is 0 Å². The fourth-order valence-electron chi connectivity index (χ4n) is 5.44. The standard InChI is InChI=1S/C32H36ClN5O3S/c1-2-41-28-15-11-25(12-16-28)34-30(39)23-29-31(40)38(27-13-9-24(33)10-14-27)32(42)37(29)18-6-17-35-19-21-36(22-20-35)26-7-4-3-5-8-26/h3-5,7-16,29H,2,6,17-23H2,1H3,(H,34,39). The van der Waals surface area contributed by atoms with Crippen LogP contribution >= 0.6 is 23.8 Å². The average molecular weight is 606 g/mol. The van der Waals surface area contributed by atoms with Crippen molar-refractivity contribution in [1.82, 2.24) is 9.80 Å². The topological polar surface area (TPSA) is 68.4 Å². The van der Waals surface area contributed by atoms with Gasteiger partial charge in [-0.05, 0) is 92.8 Å². The Bertz CT molecular complexity index is 1370. The van der Waals surface area contributed by atoms with Crippen molar-refractivity contribution in [3.8, 4) is 5.75 Å². The number of rotatable bonds is 11. The monoisotopic (exact) mass is 605 g/mol. The van der Waals surface area contributed by atoms with Crippen LogP contribution in [0.3, 0.4) is 0 Å². The van der Waals surface area contributed by atoms with Crippen molar-refractivity contribution in [2.24, 2.45) is 0 Å². The van der Waals surface area contributed by atoms with Crippen molar-refractivity contribution in [3.05, 3.63) is 83.9 Å². The molecule has 10 heteroatoms. The predicted molar refractivity (Wildman–Crippen MR) is 173 cm³/mol. The molecule has 1 N–H and O–H groups in total. The summed E-state index contributed by atoms with van der Waals surface area (Å²) in [6.45, 7) is 7.86. The van der Waals surface area contributed by atoms with E-state index >= 15 is 0 Å². The number of para-hydroxylation sites is 1. The third-order valence-electron chi connectivity index (χ3n) is 7.60. The molecular formula is C32H36ClN5O3S. The fraction of sp³-hybridized carbons (Fsp3) is 0.344. The van der Waals surface area contributed by atoms with Gasteiger partial charge < -0.3 is 19.9 Å². The Labute approximate surface area is 257 Å². The van der Waals surface area contributed by atoms with Gasteiger partial charge in [0.1, 0.15) is 11.8 Å². The van der Waals surface area contributed by atoms with Crippen LogP contribution in [-0.2, 0) is 9.59 Å². The molecule has 0 bridgehead atoms. The number of benzene rings is 3. The minimum Gasteiger partial charge on any atom is -0.494 e. The van der Waals surface area contributed by atoms with Gasteiger partial charge in [-0.25, -0.2) is 0 Å². The molecule has 2 saturated heterocycles. The summed E-state index contributed by atoms with van der Waals surface area (Å²) in [7, 11) is 0. The van der Waals surface area contributed by atoms with Gasteiger partial charge in [0.25, 0.3) is 5.91 Å². The molecule has 0 radical (unpaired) electrons. The fourth-order valence-corrected chi connectivity index (χ4v) is 5.98. The minimum absolute atomic E-state index is 0.00791. The zero-order valence-corrected chi connectivity index (χ0v) is 25.3. The predicted octanol–water partition coefficient (Wildman–Crippen LogP) is 5.28. The number of ether oxygens (including phenoxy) is 1. The highest BCUT2D eigenvalue weighted by Crippen LogP contribution is 2.29. The Morgan fingerprint density at radius 1 is 0.929 bits per heavy atom. The van der Waals surface area contributed by atoms with E-state index in [-0.39, 0.29) is 18.2 Å². The first-order valence-electron chi connectivity index (χ1n) is 14.4. The number of nitrogens with one attached hydrogen (secondary N) is 1. The summed E-state index contributed by atoms with van der Waals surface area (Å²) in [5, 5.41) is 3.90. The zero-order valence-electron chi connectivity index (χ0n) is 23.7. The van der Waals surface area contributed by atoms with Crippen molar-refractivity contribution >= 4 is 57.8 Å². The van der Waals surface area contributed by atoms with Crippen molar-refractivity contribution < 1.29 is 14.3 Å². The highest BCUT2D eigenvalue weighted by Gasteiger charge is 2.44. The van der Waals surface area contributed by atoms with E-state index in [1.165, 1.54) is 10.6 Å². The quantitative estimate of drug-likeness (QED) is 0.298. The van der Waals surface area contributed by atoms with Crippen molar-refractivity contribution in [3.63, 3.8) is 0 Å². The van der Waals surface area contributed by atoms with Gasteiger partial charge in [-0.15, -0.1) is 0 Å². The van der Waals surface area contributed by atoms with E-state index in [1.54, 1.807) is 36.4 Å². The molecule has 42 heavy (non-hydrogen) atoms. The maximum atomic E-state index is 13.7. The van der Waals surface area contributed by atoms with E-state index in [0.29, 0.717) is 34.7 Å². The number of anilines is 3. The van der Waals surface area contributed by atoms with E-state index in [1.807, 2.05) is 30.0 Å². The first-order valence-corrected chi connectivity index (χ1v) is 15.2. The van der Waals surface area contributed by atoms with Crippen LogP contribution in [0.15, 0.2) is 78.9 Å². The van der Waals surface area contributed by atoms with Crippen LogP contribution in [0.4, 0.5) is 17.1 Å². The molecule has 2 aliphatic rings. The summed E-state index contributed by atoms with van der Waals surface area (Å²) in [6, 6.07) is 24.0. The number of carbonyl (C=O) groups is 2. The SMILES string of the molecule is CCOc1ccc(NC(=O)CC2C(=O)N(c3ccc(Cl)cc3)C(=S)N2CCCN2CCN(c3ccccc3)CC2)cc1. The van der Waals surface area contributed by atoms with Gasteiger partial charge in [-0.1, -0.05) is 29.8 Å². The molecule has 0 spiro atoms. The number of thiocarbonyl (C=S) groups is 1. The highest BCUT2D eigenvalue weighted by molar-refractivity contribution is 7.80. The molecule has 0 aromatic heterocycles. The van der Waals surface area contributed by atoms with Crippen LogP contribution in [0.5, 0.6) is 5.75 Å². The number of hydrogen-bond acceptors (Lipinski definition) is 6. The van der Waals surface area contributed by atoms with Crippen LogP contribution < -0.4 is 19.9 Å². The molecule has 5 rings (SSSR count). The van der Waals surface area contributed by atoms with Gasteiger partial charge in [0.15, 0.2) is 5.11 Å². The lowest BCUT2D eigenvalue weighted by Gasteiger charge is -2.36. The molecule has 0 saturated carbocycles. The van der Waals surface area contributed by atoms with Crippen LogP contribution in [0.1, 0.15) is 19.8 Å². The van der Waals surface area contributed by atoms with Gasteiger partial charge in [0.2, 0.25) is 5.91 Å². The van der Waals surface area contributed by atoms with E-state index in [0.717, 1.165) is 44.9 Å². The Kier molecular flexibility index (Phi) is 9.94. The summed E-state index contributed by atoms with van der Waals surface area (Å²) in [6.07, 6.45) is 0.816. The molecule has 2 amide bonds. The number of halogens is 1. The summed E-state index contributed by atoms with van der Waals surface area (Å²) in [5.74, 6) is 0.277. The maximum absolute atomic E-state index is 13.7. The van der Waals surface area contributed by atoms with Crippen LogP contribution in [0.2, 0.25) is 5.02 Å². The van der Waals surface area contributed by atoms with Gasteiger partial charge in [0, 0.05) is 49.1 Å². The summed E-state index contributed by atoms with van der Waals surface area (Å²) >= 11 is 11.9. The third-order valence-corrected chi connectivity index (χ3v) is 8.27. The van der Waals surface area contributed by atoms with E-state index in [9.17, 15) is 9.59 Å². The number of carbonyl (C=O) groups excluding carboxylic acids is 2. The second-order valence-electron chi connectivity index (χ2n) is 10.4. The first kappa shape index (κ1) is 29.8. The van der Waals surface area contributed by atoms with Crippen molar-refractivity contribution in [2.45, 2.75) is 25.8 Å². The lowest BCUT2D eigenvalue weighted by Crippen LogP contribution is -2.47. The lowest BCUT2D eigenvalue weighted by atomic mass is 10.1. The van der Waals surface area contributed by atoms with Crippen molar-refractivity contribution in [1.29, 1.82) is 0 Å². The molecule has 3 aromatic rings. The summed E-state index contributed by atoms with van der Waals surface area (Å²) in [4.78, 5) is 35.1. The number of nitrogens with zero attached hydrogens (tertiary/aromatic N) is 4. The van der Waals surface area contributed by atoms with E-state index in [2.05, 4.69) is 39.4 Å². The normalized spacial score (nSPS) is 17.6. The lowest BCUT2D eigenvalue weighted by molar-refractivity contribution is -0.124. The minimum atomic E-state index is -0.689. The summed E-state index contributed by atoms with van der Waals surface area (Å²) in [5.41, 5.74) is 2.55.